The molecule has 0 amide bonds. The van der Waals surface area contributed by atoms with E-state index in [9.17, 15) is 0 Å². The van der Waals surface area contributed by atoms with Crippen LogP contribution in [-0.4, -0.2) is 11.5 Å². The Balaban J connectivity index is 2.85. The minimum atomic E-state index is 0.459. The standard InChI is InChI=1S/C14H22N2S/c1-4-11(5-2)9-16-13-10(3)7-6-8-12(13)14(15)17/h6-8,11,16H,4-5,9H2,1-3H3,(H2,15,17). The number of rotatable bonds is 6. The average Bonchev–Trinajstić information content (AvgIpc) is 2.31. The summed E-state index contributed by atoms with van der Waals surface area (Å²) >= 11 is 5.08. The molecule has 1 aromatic rings. The van der Waals surface area contributed by atoms with Crippen molar-refractivity contribution in [3.8, 4) is 0 Å². The molecule has 17 heavy (non-hydrogen) atoms. The third-order valence-corrected chi connectivity index (χ3v) is 3.48. The molecule has 0 bridgehead atoms. The lowest BCUT2D eigenvalue weighted by Gasteiger charge is -2.18. The Morgan fingerprint density at radius 1 is 1.35 bits per heavy atom. The number of para-hydroxylation sites is 1. The van der Waals surface area contributed by atoms with Crippen molar-refractivity contribution in [3.63, 3.8) is 0 Å². The minimum Gasteiger partial charge on any atom is -0.389 e. The summed E-state index contributed by atoms with van der Waals surface area (Å²) in [4.78, 5) is 0.459. The zero-order chi connectivity index (χ0) is 12.8. The number of thiocarbonyl (C=S) groups is 1. The van der Waals surface area contributed by atoms with E-state index in [1.165, 1.54) is 18.4 Å². The normalized spacial score (nSPS) is 10.6. The summed E-state index contributed by atoms with van der Waals surface area (Å²) in [5.41, 5.74) is 8.98. The molecule has 0 fully saturated rings. The van der Waals surface area contributed by atoms with Crippen molar-refractivity contribution in [1.29, 1.82) is 0 Å². The van der Waals surface area contributed by atoms with Gasteiger partial charge in [-0.1, -0.05) is 51.0 Å². The van der Waals surface area contributed by atoms with E-state index >= 15 is 0 Å². The Hall–Kier alpha value is -1.09. The average molecular weight is 250 g/mol. The van der Waals surface area contributed by atoms with Crippen LogP contribution in [0.4, 0.5) is 5.69 Å². The van der Waals surface area contributed by atoms with E-state index in [1.54, 1.807) is 0 Å². The summed E-state index contributed by atoms with van der Waals surface area (Å²) in [5, 5.41) is 3.50. The van der Waals surface area contributed by atoms with Gasteiger partial charge < -0.3 is 11.1 Å². The van der Waals surface area contributed by atoms with Gasteiger partial charge in [0.15, 0.2) is 0 Å². The van der Waals surface area contributed by atoms with Gasteiger partial charge in [-0.25, -0.2) is 0 Å². The lowest BCUT2D eigenvalue weighted by atomic mass is 10.0. The summed E-state index contributed by atoms with van der Waals surface area (Å²) < 4.78 is 0. The highest BCUT2D eigenvalue weighted by atomic mass is 32.1. The second-order valence-corrected chi connectivity index (χ2v) is 4.86. The molecule has 0 atom stereocenters. The molecule has 0 aliphatic carbocycles. The molecule has 2 nitrogen and oxygen atoms in total. The summed E-state index contributed by atoms with van der Waals surface area (Å²) in [5.74, 6) is 0.703. The minimum absolute atomic E-state index is 0.459. The molecule has 0 unspecified atom stereocenters. The molecule has 1 rings (SSSR count). The number of benzene rings is 1. The fourth-order valence-corrected chi connectivity index (χ4v) is 2.10. The van der Waals surface area contributed by atoms with Crippen LogP contribution in [0.25, 0.3) is 0 Å². The van der Waals surface area contributed by atoms with E-state index in [0.29, 0.717) is 10.9 Å². The van der Waals surface area contributed by atoms with Crippen LogP contribution in [0.2, 0.25) is 0 Å². The number of hydrogen-bond acceptors (Lipinski definition) is 2. The number of aryl methyl sites for hydroxylation is 1. The molecule has 0 heterocycles. The van der Waals surface area contributed by atoms with E-state index in [2.05, 4.69) is 32.2 Å². The van der Waals surface area contributed by atoms with Crippen molar-refractivity contribution in [3.05, 3.63) is 29.3 Å². The Kier molecular flexibility index (Phi) is 5.42. The van der Waals surface area contributed by atoms with Gasteiger partial charge in [0, 0.05) is 17.8 Å². The third-order valence-electron chi connectivity index (χ3n) is 3.26. The van der Waals surface area contributed by atoms with Crippen LogP contribution in [0.3, 0.4) is 0 Å². The molecular weight excluding hydrogens is 228 g/mol. The molecule has 0 saturated carbocycles. The first-order valence-electron chi connectivity index (χ1n) is 6.23. The zero-order valence-corrected chi connectivity index (χ0v) is 11.7. The number of nitrogens with two attached hydrogens (primary N) is 1. The van der Waals surface area contributed by atoms with Crippen molar-refractivity contribution in [2.24, 2.45) is 11.7 Å². The maximum Gasteiger partial charge on any atom is 0.106 e. The van der Waals surface area contributed by atoms with Crippen LogP contribution < -0.4 is 11.1 Å². The first-order chi connectivity index (χ1) is 8.10. The molecule has 0 spiro atoms. The predicted octanol–water partition coefficient (Wildman–Crippen LogP) is 3.48. The van der Waals surface area contributed by atoms with Crippen molar-refractivity contribution < 1.29 is 0 Å². The van der Waals surface area contributed by atoms with Gasteiger partial charge in [0.05, 0.1) is 0 Å². The van der Waals surface area contributed by atoms with Crippen molar-refractivity contribution in [2.75, 3.05) is 11.9 Å². The highest BCUT2D eigenvalue weighted by molar-refractivity contribution is 7.80. The number of hydrogen-bond donors (Lipinski definition) is 2. The molecule has 0 aliphatic rings. The SMILES string of the molecule is CCC(CC)CNc1c(C)cccc1C(N)=S. The van der Waals surface area contributed by atoms with Gasteiger partial charge in [-0.05, 0) is 24.5 Å². The molecule has 0 radical (unpaired) electrons. The van der Waals surface area contributed by atoms with E-state index in [-0.39, 0.29) is 0 Å². The topological polar surface area (TPSA) is 38.0 Å². The van der Waals surface area contributed by atoms with Crippen LogP contribution in [0.1, 0.15) is 37.8 Å². The monoisotopic (exact) mass is 250 g/mol. The lowest BCUT2D eigenvalue weighted by molar-refractivity contribution is 0.519. The lowest BCUT2D eigenvalue weighted by Crippen LogP contribution is -2.18. The van der Waals surface area contributed by atoms with Gasteiger partial charge in [-0.2, -0.15) is 0 Å². The predicted molar refractivity (Wildman–Crippen MR) is 79.6 cm³/mol. The molecular formula is C14H22N2S. The molecule has 0 aliphatic heterocycles. The number of anilines is 1. The highest BCUT2D eigenvalue weighted by Gasteiger charge is 2.09. The summed E-state index contributed by atoms with van der Waals surface area (Å²) in [6.07, 6.45) is 2.38. The summed E-state index contributed by atoms with van der Waals surface area (Å²) in [6.45, 7) is 7.51. The molecule has 3 heteroatoms. The van der Waals surface area contributed by atoms with Crippen molar-refractivity contribution in [2.45, 2.75) is 33.6 Å². The van der Waals surface area contributed by atoms with Crippen LogP contribution in [0.5, 0.6) is 0 Å². The fraction of sp³-hybridized carbons (Fsp3) is 0.500. The zero-order valence-electron chi connectivity index (χ0n) is 10.9. The van der Waals surface area contributed by atoms with E-state index in [4.69, 9.17) is 18.0 Å². The third kappa shape index (κ3) is 3.70. The van der Waals surface area contributed by atoms with E-state index in [1.807, 2.05) is 12.1 Å². The van der Waals surface area contributed by atoms with Crippen molar-refractivity contribution >= 4 is 22.9 Å². The van der Waals surface area contributed by atoms with Crippen LogP contribution >= 0.6 is 12.2 Å². The smallest absolute Gasteiger partial charge is 0.106 e. The first-order valence-corrected chi connectivity index (χ1v) is 6.64. The molecule has 0 aromatic heterocycles. The van der Waals surface area contributed by atoms with Gasteiger partial charge in [0.1, 0.15) is 4.99 Å². The number of nitrogens with one attached hydrogen (secondary N) is 1. The summed E-state index contributed by atoms with van der Waals surface area (Å²) in [6, 6.07) is 6.05. The van der Waals surface area contributed by atoms with Crippen molar-refractivity contribution in [1.82, 2.24) is 0 Å². The van der Waals surface area contributed by atoms with Crippen LogP contribution in [-0.2, 0) is 0 Å². The van der Waals surface area contributed by atoms with Gasteiger partial charge in [-0.15, -0.1) is 0 Å². The molecule has 3 N–H and O–H groups in total. The second kappa shape index (κ2) is 6.60. The van der Waals surface area contributed by atoms with Gasteiger partial charge in [0.2, 0.25) is 0 Å². The largest absolute Gasteiger partial charge is 0.389 e. The summed E-state index contributed by atoms with van der Waals surface area (Å²) in [7, 11) is 0. The maximum absolute atomic E-state index is 5.75. The Morgan fingerprint density at radius 3 is 2.53 bits per heavy atom. The molecule has 1 aromatic carbocycles. The Morgan fingerprint density at radius 2 is 2.00 bits per heavy atom. The quantitative estimate of drug-likeness (QED) is 0.759. The highest BCUT2D eigenvalue weighted by Crippen LogP contribution is 2.21. The first kappa shape index (κ1) is 14.0. The maximum atomic E-state index is 5.75. The second-order valence-electron chi connectivity index (χ2n) is 4.43. The van der Waals surface area contributed by atoms with Crippen LogP contribution in [0.15, 0.2) is 18.2 Å². The van der Waals surface area contributed by atoms with Gasteiger partial charge >= 0.3 is 0 Å². The Labute approximate surface area is 110 Å². The van der Waals surface area contributed by atoms with E-state index < -0.39 is 0 Å². The van der Waals surface area contributed by atoms with E-state index in [0.717, 1.165) is 17.8 Å². The van der Waals surface area contributed by atoms with Gasteiger partial charge in [0.25, 0.3) is 0 Å². The molecule has 0 saturated heterocycles. The Bertz CT molecular complexity index is 384. The fourth-order valence-electron chi connectivity index (χ4n) is 1.93. The van der Waals surface area contributed by atoms with Gasteiger partial charge in [-0.3, -0.25) is 0 Å². The van der Waals surface area contributed by atoms with Crippen LogP contribution in [0, 0.1) is 12.8 Å². The molecule has 94 valence electrons.